The fourth-order valence-electron chi connectivity index (χ4n) is 1.31. The Morgan fingerprint density at radius 1 is 1.25 bits per heavy atom. The summed E-state index contributed by atoms with van der Waals surface area (Å²) in [5, 5.41) is 10.7. The van der Waals surface area contributed by atoms with Crippen molar-refractivity contribution in [2.75, 3.05) is 18.1 Å². The van der Waals surface area contributed by atoms with E-state index in [1.165, 1.54) is 5.56 Å². The molecule has 1 amide bonds. The molecule has 0 unspecified atom stereocenters. The number of hydrogen-bond donors (Lipinski definition) is 2. The maximum Gasteiger partial charge on any atom is 0.404 e. The molecule has 0 saturated heterocycles. The van der Waals surface area contributed by atoms with E-state index in [2.05, 4.69) is 29.6 Å². The molecule has 1 aromatic rings. The molecule has 1 rings (SSSR count). The van der Waals surface area contributed by atoms with Crippen molar-refractivity contribution >= 4 is 17.9 Å². The van der Waals surface area contributed by atoms with E-state index in [0.717, 1.165) is 24.3 Å². The number of amides is 1. The third-order valence-electron chi connectivity index (χ3n) is 2.12. The lowest BCUT2D eigenvalue weighted by atomic mass is 10.2. The van der Waals surface area contributed by atoms with Crippen LogP contribution < -0.4 is 5.32 Å². The third kappa shape index (κ3) is 6.35. The molecule has 88 valence electrons. The fourth-order valence-corrected chi connectivity index (χ4v) is 2.24. The highest BCUT2D eigenvalue weighted by Gasteiger charge is 1.95. The van der Waals surface area contributed by atoms with Crippen LogP contribution in [0.2, 0.25) is 0 Å². The van der Waals surface area contributed by atoms with Gasteiger partial charge in [-0.3, -0.25) is 0 Å². The summed E-state index contributed by atoms with van der Waals surface area (Å²) in [6, 6.07) is 10.4. The number of hydrogen-bond acceptors (Lipinski definition) is 2. The zero-order valence-electron chi connectivity index (χ0n) is 9.19. The van der Waals surface area contributed by atoms with E-state index < -0.39 is 6.09 Å². The molecular weight excluding hydrogens is 222 g/mol. The lowest BCUT2D eigenvalue weighted by Gasteiger charge is -2.02. The first-order chi connectivity index (χ1) is 7.79. The Morgan fingerprint density at radius 2 is 2.00 bits per heavy atom. The van der Waals surface area contributed by atoms with Gasteiger partial charge < -0.3 is 10.4 Å². The van der Waals surface area contributed by atoms with Gasteiger partial charge in [-0.2, -0.15) is 11.8 Å². The molecule has 0 atom stereocenters. The maximum atomic E-state index is 10.2. The van der Waals surface area contributed by atoms with Crippen molar-refractivity contribution in [2.45, 2.75) is 12.8 Å². The fraction of sp³-hybridized carbons (Fsp3) is 0.417. The molecule has 2 N–H and O–H groups in total. The van der Waals surface area contributed by atoms with Crippen LogP contribution in [0.5, 0.6) is 0 Å². The summed E-state index contributed by atoms with van der Waals surface area (Å²) < 4.78 is 0. The second-order valence-electron chi connectivity index (χ2n) is 3.43. The standard InChI is InChI=1S/C12H17NO2S/c14-12(15)13-8-4-9-16-10-7-11-5-2-1-3-6-11/h1-3,5-6,13H,4,7-10H2,(H,14,15). The molecule has 0 radical (unpaired) electrons. The minimum atomic E-state index is -0.936. The van der Waals surface area contributed by atoms with Crippen LogP contribution in [-0.4, -0.2) is 29.3 Å². The molecule has 3 nitrogen and oxygen atoms in total. The molecule has 0 fully saturated rings. The van der Waals surface area contributed by atoms with Gasteiger partial charge in [0.15, 0.2) is 0 Å². The number of benzene rings is 1. The Balaban J connectivity index is 1.94. The third-order valence-corrected chi connectivity index (χ3v) is 3.19. The highest BCUT2D eigenvalue weighted by molar-refractivity contribution is 7.99. The number of nitrogens with one attached hydrogen (secondary N) is 1. The van der Waals surface area contributed by atoms with Crippen molar-refractivity contribution < 1.29 is 9.90 Å². The first-order valence-corrected chi connectivity index (χ1v) is 6.53. The predicted molar refractivity (Wildman–Crippen MR) is 68.1 cm³/mol. The van der Waals surface area contributed by atoms with Crippen molar-refractivity contribution in [1.29, 1.82) is 0 Å². The zero-order valence-corrected chi connectivity index (χ0v) is 10.0. The summed E-state index contributed by atoms with van der Waals surface area (Å²) in [6.45, 7) is 0.549. The van der Waals surface area contributed by atoms with Gasteiger partial charge in [-0.15, -0.1) is 0 Å². The number of carboxylic acid groups (broad SMARTS) is 1. The van der Waals surface area contributed by atoms with Gasteiger partial charge in [0.05, 0.1) is 0 Å². The number of rotatable bonds is 7. The topological polar surface area (TPSA) is 49.3 Å². The van der Waals surface area contributed by atoms with Gasteiger partial charge in [-0.1, -0.05) is 30.3 Å². The van der Waals surface area contributed by atoms with Crippen LogP contribution in [0, 0.1) is 0 Å². The van der Waals surface area contributed by atoms with Crippen molar-refractivity contribution in [3.05, 3.63) is 35.9 Å². The lowest BCUT2D eigenvalue weighted by Crippen LogP contribution is -2.22. The van der Waals surface area contributed by atoms with E-state index in [-0.39, 0.29) is 0 Å². The Labute approximate surface area is 100 Å². The van der Waals surface area contributed by atoms with Gasteiger partial charge in [0, 0.05) is 6.54 Å². The molecule has 0 saturated carbocycles. The van der Waals surface area contributed by atoms with Crippen molar-refractivity contribution in [2.24, 2.45) is 0 Å². The lowest BCUT2D eigenvalue weighted by molar-refractivity contribution is 0.194. The molecule has 4 heteroatoms. The second kappa shape index (κ2) is 8.05. The van der Waals surface area contributed by atoms with Gasteiger partial charge in [0.2, 0.25) is 0 Å². The van der Waals surface area contributed by atoms with Crippen LogP contribution in [0.15, 0.2) is 30.3 Å². The molecule has 0 aromatic heterocycles. The van der Waals surface area contributed by atoms with Gasteiger partial charge in [0.1, 0.15) is 0 Å². The molecule has 0 heterocycles. The van der Waals surface area contributed by atoms with E-state index in [1.54, 1.807) is 0 Å². The van der Waals surface area contributed by atoms with Crippen LogP contribution in [0.25, 0.3) is 0 Å². The highest BCUT2D eigenvalue weighted by Crippen LogP contribution is 2.07. The van der Waals surface area contributed by atoms with E-state index in [9.17, 15) is 4.79 Å². The predicted octanol–water partition coefficient (Wildman–Crippen LogP) is 2.62. The Hall–Kier alpha value is -1.16. The van der Waals surface area contributed by atoms with Crippen molar-refractivity contribution in [3.8, 4) is 0 Å². The molecule has 0 aliphatic rings. The summed E-state index contributed by atoms with van der Waals surface area (Å²) in [7, 11) is 0. The Bertz CT molecular complexity index is 303. The minimum Gasteiger partial charge on any atom is -0.465 e. The number of aryl methyl sites for hydroxylation is 1. The summed E-state index contributed by atoms with van der Waals surface area (Å²) in [6.07, 6.45) is 1.04. The maximum absolute atomic E-state index is 10.2. The molecular formula is C12H17NO2S. The zero-order chi connectivity index (χ0) is 11.6. The van der Waals surface area contributed by atoms with Gasteiger partial charge in [-0.05, 0) is 29.9 Å². The molecule has 1 aromatic carbocycles. The first-order valence-electron chi connectivity index (χ1n) is 5.37. The molecule has 0 aliphatic heterocycles. The minimum absolute atomic E-state index is 0.549. The van der Waals surface area contributed by atoms with Gasteiger partial charge in [-0.25, -0.2) is 4.79 Å². The van der Waals surface area contributed by atoms with Crippen LogP contribution in [0.1, 0.15) is 12.0 Å². The first kappa shape index (κ1) is 12.9. The van der Waals surface area contributed by atoms with Gasteiger partial charge in [0.25, 0.3) is 0 Å². The quantitative estimate of drug-likeness (QED) is 0.719. The van der Waals surface area contributed by atoms with Crippen molar-refractivity contribution in [3.63, 3.8) is 0 Å². The van der Waals surface area contributed by atoms with Crippen LogP contribution in [0.4, 0.5) is 4.79 Å². The van der Waals surface area contributed by atoms with E-state index >= 15 is 0 Å². The average Bonchev–Trinajstić information content (AvgIpc) is 2.29. The molecule has 0 spiro atoms. The SMILES string of the molecule is O=C(O)NCCCSCCc1ccccc1. The van der Waals surface area contributed by atoms with Crippen molar-refractivity contribution in [1.82, 2.24) is 5.32 Å². The average molecular weight is 239 g/mol. The Kier molecular flexibility index (Phi) is 6.49. The van der Waals surface area contributed by atoms with E-state index in [4.69, 9.17) is 5.11 Å². The molecule has 0 bridgehead atoms. The summed E-state index contributed by atoms with van der Waals surface area (Å²) >= 11 is 1.87. The molecule has 16 heavy (non-hydrogen) atoms. The summed E-state index contributed by atoms with van der Waals surface area (Å²) in [5.41, 5.74) is 1.36. The van der Waals surface area contributed by atoms with E-state index in [1.807, 2.05) is 17.8 Å². The largest absolute Gasteiger partial charge is 0.465 e. The summed E-state index contributed by atoms with van der Waals surface area (Å²) in [5.74, 6) is 2.10. The number of carbonyl (C=O) groups is 1. The smallest absolute Gasteiger partial charge is 0.404 e. The van der Waals surface area contributed by atoms with Crippen LogP contribution in [-0.2, 0) is 6.42 Å². The highest BCUT2D eigenvalue weighted by atomic mass is 32.2. The number of thioether (sulfide) groups is 1. The monoisotopic (exact) mass is 239 g/mol. The summed E-state index contributed by atoms with van der Waals surface area (Å²) in [4.78, 5) is 10.2. The van der Waals surface area contributed by atoms with Gasteiger partial charge >= 0.3 is 6.09 Å². The van der Waals surface area contributed by atoms with Crippen LogP contribution in [0.3, 0.4) is 0 Å². The molecule has 0 aliphatic carbocycles. The Morgan fingerprint density at radius 3 is 2.69 bits per heavy atom. The second-order valence-corrected chi connectivity index (χ2v) is 4.66. The van der Waals surface area contributed by atoms with Crippen LogP contribution >= 0.6 is 11.8 Å². The van der Waals surface area contributed by atoms with E-state index in [0.29, 0.717) is 6.54 Å². The normalized spacial score (nSPS) is 10.0.